The fourth-order valence-electron chi connectivity index (χ4n) is 3.11. The maximum Gasteiger partial charge on any atom is 0.257 e. The molecule has 0 radical (unpaired) electrons. The Hall–Kier alpha value is -1.92. The van der Waals surface area contributed by atoms with Gasteiger partial charge in [-0.05, 0) is 43.9 Å². The molecule has 0 saturated carbocycles. The van der Waals surface area contributed by atoms with Gasteiger partial charge in [-0.2, -0.15) is 5.10 Å². The zero-order valence-electron chi connectivity index (χ0n) is 13.4. The SMILES string of the molecule is C[C@H](N)[C@@H]1CCCN(C(=O)c2cn[nH]c2-c2ccc(F)c(Cl)c2)C1. The third-order valence-electron chi connectivity index (χ3n) is 4.57. The molecule has 3 rings (SSSR count). The number of aromatic nitrogens is 2. The van der Waals surface area contributed by atoms with Crippen molar-refractivity contribution in [1.82, 2.24) is 15.1 Å². The number of H-pyrrole nitrogens is 1. The Kier molecular flexibility index (Phi) is 4.87. The van der Waals surface area contributed by atoms with Gasteiger partial charge in [0.05, 0.1) is 22.5 Å². The van der Waals surface area contributed by atoms with Crippen molar-refractivity contribution in [2.75, 3.05) is 13.1 Å². The quantitative estimate of drug-likeness (QED) is 0.893. The number of carbonyl (C=O) groups is 1. The van der Waals surface area contributed by atoms with Crippen LogP contribution in [0.2, 0.25) is 5.02 Å². The van der Waals surface area contributed by atoms with E-state index >= 15 is 0 Å². The van der Waals surface area contributed by atoms with Gasteiger partial charge in [-0.1, -0.05) is 11.6 Å². The number of nitrogens with zero attached hydrogens (tertiary/aromatic N) is 2. The molecule has 2 aromatic rings. The van der Waals surface area contributed by atoms with E-state index in [9.17, 15) is 9.18 Å². The van der Waals surface area contributed by atoms with E-state index in [1.54, 1.807) is 6.07 Å². The molecule has 5 nitrogen and oxygen atoms in total. The molecule has 0 aliphatic carbocycles. The Morgan fingerprint density at radius 1 is 1.54 bits per heavy atom. The van der Waals surface area contributed by atoms with E-state index in [1.165, 1.54) is 18.3 Å². The first-order valence-corrected chi connectivity index (χ1v) is 8.39. The average molecular weight is 351 g/mol. The number of hydrogen-bond acceptors (Lipinski definition) is 3. The number of likely N-dealkylation sites (tertiary alicyclic amines) is 1. The highest BCUT2D eigenvalue weighted by molar-refractivity contribution is 6.31. The van der Waals surface area contributed by atoms with Gasteiger partial charge in [0, 0.05) is 24.7 Å². The molecule has 1 aliphatic rings. The monoisotopic (exact) mass is 350 g/mol. The largest absolute Gasteiger partial charge is 0.338 e. The topological polar surface area (TPSA) is 75.0 Å². The summed E-state index contributed by atoms with van der Waals surface area (Å²) in [5, 5.41) is 6.82. The van der Waals surface area contributed by atoms with Gasteiger partial charge in [0.25, 0.3) is 5.91 Å². The smallest absolute Gasteiger partial charge is 0.257 e. The minimum atomic E-state index is -0.497. The van der Waals surface area contributed by atoms with Crippen molar-refractivity contribution in [3.63, 3.8) is 0 Å². The summed E-state index contributed by atoms with van der Waals surface area (Å²) in [4.78, 5) is 14.7. The van der Waals surface area contributed by atoms with Gasteiger partial charge in [0.15, 0.2) is 0 Å². The van der Waals surface area contributed by atoms with Crippen LogP contribution in [-0.2, 0) is 0 Å². The standard InChI is InChI=1S/C17H20ClFN4O/c1-10(20)12-3-2-6-23(9-12)17(24)13-8-21-22-16(13)11-4-5-15(19)14(18)7-11/h4-5,7-8,10,12H,2-3,6,9,20H2,1H3,(H,21,22)/t10-,12+/m0/s1. The van der Waals surface area contributed by atoms with E-state index in [4.69, 9.17) is 17.3 Å². The van der Waals surface area contributed by atoms with Crippen LogP contribution in [0, 0.1) is 11.7 Å². The highest BCUT2D eigenvalue weighted by Gasteiger charge is 2.28. The molecule has 1 aliphatic heterocycles. The van der Waals surface area contributed by atoms with Crippen LogP contribution in [0.25, 0.3) is 11.3 Å². The Morgan fingerprint density at radius 2 is 2.33 bits per heavy atom. The number of benzene rings is 1. The van der Waals surface area contributed by atoms with Crippen molar-refractivity contribution in [3.05, 3.63) is 40.8 Å². The number of amides is 1. The maximum atomic E-state index is 13.4. The third kappa shape index (κ3) is 3.30. The molecule has 1 amide bonds. The van der Waals surface area contributed by atoms with Gasteiger partial charge in [0.1, 0.15) is 5.82 Å². The normalized spacial score (nSPS) is 19.3. The van der Waals surface area contributed by atoms with Crippen LogP contribution in [0.15, 0.2) is 24.4 Å². The molecule has 0 unspecified atom stereocenters. The molecule has 1 fully saturated rings. The predicted octanol–water partition coefficient (Wildman–Crippen LogP) is 3.07. The molecule has 3 N–H and O–H groups in total. The first-order valence-electron chi connectivity index (χ1n) is 8.01. The second-order valence-electron chi connectivity index (χ2n) is 6.30. The van der Waals surface area contributed by atoms with E-state index in [0.717, 1.165) is 12.8 Å². The lowest BCUT2D eigenvalue weighted by Crippen LogP contribution is -2.45. The molecule has 1 aromatic carbocycles. The lowest BCUT2D eigenvalue weighted by molar-refractivity contribution is 0.0662. The molecular weight excluding hydrogens is 331 g/mol. The Morgan fingerprint density at radius 3 is 3.04 bits per heavy atom. The Bertz CT molecular complexity index is 746. The van der Waals surface area contributed by atoms with Crippen molar-refractivity contribution in [2.24, 2.45) is 11.7 Å². The summed E-state index contributed by atoms with van der Waals surface area (Å²) >= 11 is 5.85. The van der Waals surface area contributed by atoms with Crippen LogP contribution in [0.4, 0.5) is 4.39 Å². The van der Waals surface area contributed by atoms with Gasteiger partial charge >= 0.3 is 0 Å². The second kappa shape index (κ2) is 6.91. The number of hydrogen-bond donors (Lipinski definition) is 2. The van der Waals surface area contributed by atoms with Crippen LogP contribution >= 0.6 is 11.6 Å². The molecule has 2 atom stereocenters. The minimum Gasteiger partial charge on any atom is -0.338 e. The van der Waals surface area contributed by atoms with Crippen molar-refractivity contribution >= 4 is 17.5 Å². The van der Waals surface area contributed by atoms with Gasteiger partial charge in [-0.15, -0.1) is 0 Å². The van der Waals surface area contributed by atoms with Crippen molar-refractivity contribution in [2.45, 2.75) is 25.8 Å². The van der Waals surface area contributed by atoms with Crippen molar-refractivity contribution in [3.8, 4) is 11.3 Å². The van der Waals surface area contributed by atoms with Crippen molar-refractivity contribution < 1.29 is 9.18 Å². The van der Waals surface area contributed by atoms with E-state index < -0.39 is 5.82 Å². The summed E-state index contributed by atoms with van der Waals surface area (Å²) in [6.45, 7) is 3.32. The Labute approximate surface area is 145 Å². The average Bonchev–Trinajstić information content (AvgIpc) is 3.06. The molecule has 24 heavy (non-hydrogen) atoms. The predicted molar refractivity (Wildman–Crippen MR) is 91.3 cm³/mol. The summed E-state index contributed by atoms with van der Waals surface area (Å²) < 4.78 is 13.4. The summed E-state index contributed by atoms with van der Waals surface area (Å²) in [5.74, 6) is -0.286. The second-order valence-corrected chi connectivity index (χ2v) is 6.71. The molecule has 128 valence electrons. The highest BCUT2D eigenvalue weighted by Crippen LogP contribution is 2.28. The van der Waals surface area contributed by atoms with Gasteiger partial charge in [-0.3, -0.25) is 9.89 Å². The lowest BCUT2D eigenvalue weighted by atomic mass is 9.91. The maximum absolute atomic E-state index is 13.4. The summed E-state index contributed by atoms with van der Waals surface area (Å²) in [6, 6.07) is 4.40. The fraction of sp³-hybridized carbons (Fsp3) is 0.412. The van der Waals surface area contributed by atoms with E-state index in [2.05, 4.69) is 10.2 Å². The van der Waals surface area contributed by atoms with E-state index in [-0.39, 0.29) is 17.0 Å². The molecule has 1 saturated heterocycles. The molecule has 1 aromatic heterocycles. The fourth-order valence-corrected chi connectivity index (χ4v) is 3.29. The van der Waals surface area contributed by atoms with Gasteiger partial charge < -0.3 is 10.6 Å². The van der Waals surface area contributed by atoms with Crippen LogP contribution in [-0.4, -0.2) is 40.1 Å². The minimum absolute atomic E-state index is 0.00971. The van der Waals surface area contributed by atoms with Gasteiger partial charge in [-0.25, -0.2) is 4.39 Å². The Balaban J connectivity index is 1.86. The van der Waals surface area contributed by atoms with E-state index in [1.807, 2.05) is 11.8 Å². The number of aromatic amines is 1. The number of piperidine rings is 1. The molecule has 0 spiro atoms. The zero-order chi connectivity index (χ0) is 17.3. The summed E-state index contributed by atoms with van der Waals surface area (Å²) in [7, 11) is 0. The number of carbonyl (C=O) groups excluding carboxylic acids is 1. The zero-order valence-corrected chi connectivity index (χ0v) is 14.2. The summed E-state index contributed by atoms with van der Waals surface area (Å²) in [5.41, 5.74) is 7.63. The lowest BCUT2D eigenvalue weighted by Gasteiger charge is -2.34. The first-order chi connectivity index (χ1) is 11.5. The number of nitrogens with two attached hydrogens (primary N) is 1. The summed E-state index contributed by atoms with van der Waals surface area (Å²) in [6.07, 6.45) is 3.48. The van der Waals surface area contributed by atoms with Crippen LogP contribution in [0.1, 0.15) is 30.1 Å². The van der Waals surface area contributed by atoms with Crippen molar-refractivity contribution in [1.29, 1.82) is 0 Å². The van der Waals surface area contributed by atoms with E-state index in [0.29, 0.717) is 35.8 Å². The first kappa shape index (κ1) is 16.9. The molecule has 2 heterocycles. The van der Waals surface area contributed by atoms with Crippen LogP contribution in [0.3, 0.4) is 0 Å². The number of halogens is 2. The van der Waals surface area contributed by atoms with Crippen LogP contribution in [0.5, 0.6) is 0 Å². The number of nitrogens with one attached hydrogen (secondary N) is 1. The molecule has 0 bridgehead atoms. The number of rotatable bonds is 3. The molecule has 7 heteroatoms. The molecular formula is C17H20ClFN4O. The van der Waals surface area contributed by atoms with Gasteiger partial charge in [0.2, 0.25) is 0 Å². The van der Waals surface area contributed by atoms with Crippen LogP contribution < -0.4 is 5.73 Å². The third-order valence-corrected chi connectivity index (χ3v) is 4.86. The highest BCUT2D eigenvalue weighted by atomic mass is 35.5.